The van der Waals surface area contributed by atoms with E-state index in [9.17, 15) is 18.0 Å². The summed E-state index contributed by atoms with van der Waals surface area (Å²) < 4.78 is 41.0. The quantitative estimate of drug-likeness (QED) is 0.189. The van der Waals surface area contributed by atoms with Crippen molar-refractivity contribution < 1.29 is 27.5 Å². The molecule has 0 radical (unpaired) electrons. The number of anilines is 1. The van der Waals surface area contributed by atoms with E-state index in [1.165, 1.54) is 37.3 Å². The summed E-state index contributed by atoms with van der Waals surface area (Å²) in [4.78, 5) is 29.4. The predicted molar refractivity (Wildman–Crippen MR) is 178 cm³/mol. The first kappa shape index (κ1) is 33.5. The average Bonchev–Trinajstić information content (AvgIpc) is 3.05. The Morgan fingerprint density at radius 1 is 0.822 bits per heavy atom. The van der Waals surface area contributed by atoms with E-state index in [1.807, 2.05) is 61.5 Å². The molecule has 0 bridgehead atoms. The van der Waals surface area contributed by atoms with Crippen molar-refractivity contribution in [3.63, 3.8) is 0 Å². The molecule has 2 amide bonds. The lowest BCUT2D eigenvalue weighted by atomic mass is 10.0. The molecule has 0 aliphatic carbocycles. The van der Waals surface area contributed by atoms with Crippen molar-refractivity contribution in [2.45, 2.75) is 30.8 Å². The summed E-state index contributed by atoms with van der Waals surface area (Å²) in [5.74, 6) is -0.285. The molecule has 0 aliphatic heterocycles. The number of likely N-dealkylation sites (N-methyl/N-ethyl adjacent to an activating group) is 1. The largest absolute Gasteiger partial charge is 0.493 e. The third kappa shape index (κ3) is 8.43. The fourth-order valence-electron chi connectivity index (χ4n) is 4.91. The van der Waals surface area contributed by atoms with Crippen LogP contribution >= 0.6 is 15.9 Å². The average molecular weight is 695 g/mol. The molecular weight excluding hydrogens is 658 g/mol. The highest BCUT2D eigenvalue weighted by molar-refractivity contribution is 9.10. The molecule has 4 aromatic rings. The van der Waals surface area contributed by atoms with Crippen molar-refractivity contribution in [2.24, 2.45) is 0 Å². The third-order valence-corrected chi connectivity index (χ3v) is 9.39. The lowest BCUT2D eigenvalue weighted by Crippen LogP contribution is -2.53. The number of nitrogens with one attached hydrogen (secondary N) is 1. The number of rotatable bonds is 14. The molecule has 9 nitrogen and oxygen atoms in total. The zero-order valence-electron chi connectivity index (χ0n) is 25.4. The van der Waals surface area contributed by atoms with Crippen LogP contribution in [-0.2, 0) is 32.6 Å². The molecule has 0 aromatic heterocycles. The number of amides is 2. The number of halogens is 1. The Morgan fingerprint density at radius 2 is 1.47 bits per heavy atom. The fraction of sp³-hybridized carbons (Fsp3) is 0.235. The van der Waals surface area contributed by atoms with Gasteiger partial charge in [-0.2, -0.15) is 0 Å². The molecule has 4 aromatic carbocycles. The highest BCUT2D eigenvalue weighted by Gasteiger charge is 2.34. The van der Waals surface area contributed by atoms with Gasteiger partial charge in [-0.3, -0.25) is 13.9 Å². The third-order valence-electron chi connectivity index (χ3n) is 7.13. The molecule has 11 heteroatoms. The molecule has 0 saturated heterocycles. The number of hydrogen-bond acceptors (Lipinski definition) is 6. The highest BCUT2D eigenvalue weighted by atomic mass is 79.9. The minimum absolute atomic E-state index is 0.0753. The van der Waals surface area contributed by atoms with Crippen LogP contribution < -0.4 is 19.1 Å². The van der Waals surface area contributed by atoms with Crippen molar-refractivity contribution in [3.05, 3.63) is 119 Å². The summed E-state index contributed by atoms with van der Waals surface area (Å²) in [6, 6.07) is 28.6. The molecule has 0 fully saturated rings. The number of methoxy groups -OCH3 is 2. The second kappa shape index (κ2) is 15.6. The second-order valence-corrected chi connectivity index (χ2v) is 12.9. The Bertz CT molecular complexity index is 1700. The van der Waals surface area contributed by atoms with Gasteiger partial charge in [0.15, 0.2) is 11.5 Å². The Balaban J connectivity index is 1.80. The highest BCUT2D eigenvalue weighted by Crippen LogP contribution is 2.32. The standard InChI is InChI=1S/C34H36BrN3O6S/c1-4-36-34(40)30(21-25-12-7-5-8-13-25)37(23-26-14-11-15-27(35)20-26)33(39)24-38(28-16-9-6-10-17-28)45(41,42)29-18-19-31(43-2)32(22-29)44-3/h5-20,22,30H,4,21,23-24H2,1-3H3,(H,36,40). The van der Waals surface area contributed by atoms with Gasteiger partial charge in [-0.15, -0.1) is 0 Å². The van der Waals surface area contributed by atoms with E-state index in [4.69, 9.17) is 9.47 Å². The summed E-state index contributed by atoms with van der Waals surface area (Å²) in [5.41, 5.74) is 1.92. The SMILES string of the molecule is CCNC(=O)C(Cc1ccccc1)N(Cc1cccc(Br)c1)C(=O)CN(c1ccccc1)S(=O)(=O)c1ccc(OC)c(OC)c1. The maximum Gasteiger partial charge on any atom is 0.264 e. The van der Waals surface area contributed by atoms with Crippen LogP contribution in [0.5, 0.6) is 11.5 Å². The van der Waals surface area contributed by atoms with Crippen molar-refractivity contribution in [3.8, 4) is 11.5 Å². The predicted octanol–water partition coefficient (Wildman–Crippen LogP) is 5.44. The van der Waals surface area contributed by atoms with Crippen LogP contribution in [0.4, 0.5) is 5.69 Å². The van der Waals surface area contributed by atoms with Crippen LogP contribution in [0.2, 0.25) is 0 Å². The molecule has 0 saturated carbocycles. The van der Waals surface area contributed by atoms with Gasteiger partial charge in [-0.05, 0) is 54.4 Å². The van der Waals surface area contributed by atoms with E-state index in [0.717, 1.165) is 19.9 Å². The monoisotopic (exact) mass is 693 g/mol. The van der Waals surface area contributed by atoms with Crippen LogP contribution in [0.3, 0.4) is 0 Å². The van der Waals surface area contributed by atoms with Gasteiger partial charge in [-0.25, -0.2) is 8.42 Å². The van der Waals surface area contributed by atoms with Gasteiger partial charge in [-0.1, -0.05) is 76.6 Å². The number of sulfonamides is 1. The van der Waals surface area contributed by atoms with E-state index in [2.05, 4.69) is 21.2 Å². The number of benzene rings is 4. The van der Waals surface area contributed by atoms with Crippen LogP contribution in [0.1, 0.15) is 18.1 Å². The summed E-state index contributed by atoms with van der Waals surface area (Å²) >= 11 is 3.49. The summed E-state index contributed by atoms with van der Waals surface area (Å²) in [6.07, 6.45) is 0.236. The Kier molecular flexibility index (Phi) is 11.6. The second-order valence-electron chi connectivity index (χ2n) is 10.1. The summed E-state index contributed by atoms with van der Waals surface area (Å²) in [6.45, 7) is 1.70. The number of para-hydroxylation sites is 1. The maximum atomic E-state index is 14.4. The Hall–Kier alpha value is -4.35. The summed E-state index contributed by atoms with van der Waals surface area (Å²) in [5, 5.41) is 2.86. The molecule has 236 valence electrons. The van der Waals surface area contributed by atoms with Crippen LogP contribution in [0.25, 0.3) is 0 Å². The van der Waals surface area contributed by atoms with Gasteiger partial charge in [0.25, 0.3) is 10.0 Å². The van der Waals surface area contributed by atoms with Gasteiger partial charge in [0.1, 0.15) is 12.6 Å². The maximum absolute atomic E-state index is 14.4. The molecule has 1 unspecified atom stereocenters. The lowest BCUT2D eigenvalue weighted by molar-refractivity contribution is -0.140. The molecule has 4 rings (SSSR count). The molecule has 0 heterocycles. The first-order chi connectivity index (χ1) is 21.7. The van der Waals surface area contributed by atoms with Gasteiger partial charge >= 0.3 is 0 Å². The van der Waals surface area contributed by atoms with Crippen molar-refractivity contribution >= 4 is 43.5 Å². The molecule has 0 spiro atoms. The van der Waals surface area contributed by atoms with Crippen LogP contribution in [0.15, 0.2) is 112 Å². The molecular formula is C34H36BrN3O6S. The molecule has 0 aliphatic rings. The minimum Gasteiger partial charge on any atom is -0.493 e. The number of hydrogen-bond donors (Lipinski definition) is 1. The van der Waals surface area contributed by atoms with Gasteiger partial charge < -0.3 is 19.7 Å². The normalized spacial score (nSPS) is 11.7. The minimum atomic E-state index is -4.29. The van der Waals surface area contributed by atoms with E-state index in [-0.39, 0.29) is 29.5 Å². The van der Waals surface area contributed by atoms with Gasteiger partial charge in [0.05, 0.1) is 24.8 Å². The van der Waals surface area contributed by atoms with Crippen molar-refractivity contribution in [1.29, 1.82) is 0 Å². The first-order valence-electron chi connectivity index (χ1n) is 14.3. The zero-order valence-corrected chi connectivity index (χ0v) is 27.8. The number of ether oxygens (including phenoxy) is 2. The van der Waals surface area contributed by atoms with Gasteiger partial charge in [0.2, 0.25) is 11.8 Å². The Morgan fingerprint density at radius 3 is 2.09 bits per heavy atom. The molecule has 1 N–H and O–H groups in total. The van der Waals surface area contributed by atoms with Crippen LogP contribution in [-0.4, -0.2) is 58.5 Å². The molecule has 1 atom stereocenters. The number of carbonyl (C=O) groups excluding carboxylic acids is 2. The van der Waals surface area contributed by atoms with E-state index < -0.39 is 28.5 Å². The van der Waals surface area contributed by atoms with E-state index in [0.29, 0.717) is 18.0 Å². The van der Waals surface area contributed by atoms with Crippen molar-refractivity contribution in [1.82, 2.24) is 10.2 Å². The fourth-order valence-corrected chi connectivity index (χ4v) is 6.78. The number of carbonyl (C=O) groups is 2. The van der Waals surface area contributed by atoms with Crippen molar-refractivity contribution in [2.75, 3.05) is 31.6 Å². The summed E-state index contributed by atoms with van der Waals surface area (Å²) in [7, 11) is -1.42. The topological polar surface area (TPSA) is 105 Å². The van der Waals surface area contributed by atoms with Gasteiger partial charge in [0, 0.05) is 30.0 Å². The first-order valence-corrected chi connectivity index (χ1v) is 16.6. The molecule has 45 heavy (non-hydrogen) atoms. The number of nitrogens with zero attached hydrogens (tertiary/aromatic N) is 2. The lowest BCUT2D eigenvalue weighted by Gasteiger charge is -2.34. The van der Waals surface area contributed by atoms with Crippen LogP contribution in [0, 0.1) is 0 Å². The van der Waals surface area contributed by atoms with E-state index >= 15 is 0 Å². The Labute approximate surface area is 273 Å². The van der Waals surface area contributed by atoms with E-state index in [1.54, 1.807) is 30.3 Å². The smallest absolute Gasteiger partial charge is 0.264 e. The zero-order chi connectivity index (χ0) is 32.4.